The minimum atomic E-state index is -0.390. The monoisotopic (exact) mass is 544 g/mol. The third-order valence-corrected chi connectivity index (χ3v) is 10.2. The quantitative estimate of drug-likeness (QED) is 0.171. The van der Waals surface area contributed by atoms with Gasteiger partial charge in [0.05, 0.1) is 0 Å². The molecule has 2 heterocycles. The maximum atomic E-state index is 12.0. The van der Waals surface area contributed by atoms with E-state index in [1.807, 2.05) is 6.08 Å². The van der Waals surface area contributed by atoms with Crippen molar-refractivity contribution in [2.24, 2.45) is 5.92 Å². The number of aryl methyl sites for hydroxylation is 1. The highest BCUT2D eigenvalue weighted by molar-refractivity contribution is 5.73. The molecule has 2 aromatic rings. The largest absolute Gasteiger partial charge is 0.508 e. The number of hydrogen-bond acceptors (Lipinski definition) is 6. The van der Waals surface area contributed by atoms with E-state index in [2.05, 4.69) is 53.8 Å². The minimum absolute atomic E-state index is 0.00660. The predicted octanol–water partition coefficient (Wildman–Crippen LogP) is 5.65. The molecular weight excluding hydrogens is 500 g/mol. The first kappa shape index (κ1) is 27.3. The standard InChI is InChI=1S/C34H44N2O4/c1-4-18-36-20-17-34-26-15-16-27(35(3)19-11-6-5-8-12-24-13-9-7-10-14-24)33(34)40-32-30(39-23(2)37)22-29(38)25(31(32)34)21-28(26)36/h4,7,9-10,13-14,22,26-28,33,38H,1,5-6,8,11-12,15-21H2,2-3H3/t26-,27+,28+,33-,34-/m0/s1. The Bertz CT molecular complexity index is 1250. The van der Waals surface area contributed by atoms with Crippen LogP contribution in [0.4, 0.5) is 0 Å². The second kappa shape index (κ2) is 11.2. The molecule has 2 aliphatic carbocycles. The maximum absolute atomic E-state index is 12.0. The van der Waals surface area contributed by atoms with E-state index >= 15 is 0 Å². The van der Waals surface area contributed by atoms with Gasteiger partial charge in [0, 0.05) is 48.2 Å². The summed E-state index contributed by atoms with van der Waals surface area (Å²) in [5, 5.41) is 11.2. The van der Waals surface area contributed by atoms with Crippen LogP contribution in [0, 0.1) is 5.92 Å². The van der Waals surface area contributed by atoms with Gasteiger partial charge in [-0.15, -0.1) is 6.58 Å². The second-order valence-corrected chi connectivity index (χ2v) is 12.4. The van der Waals surface area contributed by atoms with E-state index < -0.39 is 5.97 Å². The SMILES string of the molecule is C=CCN1CC[C@]23c4c5c(O)cc(OC(C)=O)c4O[C@H]2[C@H](N(C)CCCCCCc2ccccc2)CC[C@H]3[C@H]1C5. The number of likely N-dealkylation sites (N-methyl/N-ethyl adjacent to an activating group) is 1. The summed E-state index contributed by atoms with van der Waals surface area (Å²) in [6.07, 6.45) is 12.1. The van der Waals surface area contributed by atoms with Gasteiger partial charge in [-0.1, -0.05) is 49.2 Å². The lowest BCUT2D eigenvalue weighted by molar-refractivity contribution is -0.132. The van der Waals surface area contributed by atoms with Gasteiger partial charge in [-0.2, -0.15) is 0 Å². The van der Waals surface area contributed by atoms with Crippen LogP contribution in [0.15, 0.2) is 49.1 Å². The summed E-state index contributed by atoms with van der Waals surface area (Å²) in [5.41, 5.74) is 3.39. The molecule has 1 saturated carbocycles. The van der Waals surface area contributed by atoms with Crippen molar-refractivity contribution >= 4 is 5.97 Å². The molecule has 0 aromatic heterocycles. The highest BCUT2D eigenvalue weighted by Crippen LogP contribution is 2.65. The summed E-state index contributed by atoms with van der Waals surface area (Å²) in [5.74, 6) is 1.37. The Balaban J connectivity index is 1.21. The molecule has 2 aliphatic heterocycles. The molecule has 1 spiro atoms. The highest BCUT2D eigenvalue weighted by atomic mass is 16.6. The van der Waals surface area contributed by atoms with Gasteiger partial charge in [-0.3, -0.25) is 14.6 Å². The van der Waals surface area contributed by atoms with Crippen molar-refractivity contribution in [1.82, 2.24) is 9.80 Å². The number of phenols is 1. The molecule has 1 N–H and O–H groups in total. The Morgan fingerprint density at radius 2 is 2.02 bits per heavy atom. The Morgan fingerprint density at radius 1 is 1.23 bits per heavy atom. The molecule has 6 rings (SSSR count). The van der Waals surface area contributed by atoms with Gasteiger partial charge in [0.25, 0.3) is 0 Å². The number of rotatable bonds is 11. The van der Waals surface area contributed by atoms with Crippen molar-refractivity contribution in [2.75, 3.05) is 26.7 Å². The van der Waals surface area contributed by atoms with Crippen molar-refractivity contribution in [3.63, 3.8) is 0 Å². The van der Waals surface area contributed by atoms with Crippen LogP contribution < -0.4 is 9.47 Å². The Morgan fingerprint density at radius 3 is 2.80 bits per heavy atom. The number of ether oxygens (including phenoxy) is 2. The van der Waals surface area contributed by atoms with E-state index in [9.17, 15) is 9.90 Å². The average Bonchev–Trinajstić information content (AvgIpc) is 3.28. The number of carbonyl (C=O) groups is 1. The number of aromatic hydroxyl groups is 1. The molecule has 214 valence electrons. The normalized spacial score (nSPS) is 28.2. The highest BCUT2D eigenvalue weighted by Gasteiger charge is 2.66. The Kier molecular flexibility index (Phi) is 7.66. The number of likely N-dealkylation sites (tertiary alicyclic amines) is 1. The molecule has 0 amide bonds. The van der Waals surface area contributed by atoms with Gasteiger partial charge in [0.15, 0.2) is 11.5 Å². The summed E-state index contributed by atoms with van der Waals surface area (Å²) >= 11 is 0. The fourth-order valence-electron chi connectivity index (χ4n) is 8.58. The lowest BCUT2D eigenvalue weighted by atomic mass is 9.51. The van der Waals surface area contributed by atoms with Crippen LogP contribution in [0.25, 0.3) is 0 Å². The number of benzene rings is 2. The van der Waals surface area contributed by atoms with Crippen molar-refractivity contribution in [3.05, 3.63) is 65.7 Å². The zero-order valence-electron chi connectivity index (χ0n) is 24.1. The first-order chi connectivity index (χ1) is 19.4. The van der Waals surface area contributed by atoms with E-state index in [0.717, 1.165) is 62.9 Å². The second-order valence-electron chi connectivity index (χ2n) is 12.4. The van der Waals surface area contributed by atoms with Crippen LogP contribution in [-0.2, 0) is 23.1 Å². The third kappa shape index (κ3) is 4.63. The lowest BCUT2D eigenvalue weighted by Gasteiger charge is -2.60. The van der Waals surface area contributed by atoms with E-state index in [-0.39, 0.29) is 23.3 Å². The third-order valence-electron chi connectivity index (χ3n) is 10.2. The number of piperidine rings is 1. The predicted molar refractivity (Wildman–Crippen MR) is 157 cm³/mol. The summed E-state index contributed by atoms with van der Waals surface area (Å²) in [4.78, 5) is 17.1. The van der Waals surface area contributed by atoms with E-state index in [4.69, 9.17) is 9.47 Å². The van der Waals surface area contributed by atoms with E-state index in [1.54, 1.807) is 6.07 Å². The zero-order valence-corrected chi connectivity index (χ0v) is 24.1. The van der Waals surface area contributed by atoms with Crippen LogP contribution in [0.5, 0.6) is 17.2 Å². The van der Waals surface area contributed by atoms with E-state index in [0.29, 0.717) is 23.5 Å². The fraction of sp³-hybridized carbons (Fsp3) is 0.559. The first-order valence-electron chi connectivity index (χ1n) is 15.3. The molecule has 0 unspecified atom stereocenters. The van der Waals surface area contributed by atoms with Crippen LogP contribution in [0.1, 0.15) is 68.6 Å². The smallest absolute Gasteiger partial charge is 0.308 e. The number of nitrogens with zero attached hydrogens (tertiary/aromatic N) is 2. The Hall–Kier alpha value is -2.83. The molecule has 40 heavy (non-hydrogen) atoms. The summed E-state index contributed by atoms with van der Waals surface area (Å²) in [6.45, 7) is 8.33. The summed E-state index contributed by atoms with van der Waals surface area (Å²) in [7, 11) is 2.26. The fourth-order valence-corrected chi connectivity index (χ4v) is 8.58. The lowest BCUT2D eigenvalue weighted by Crippen LogP contribution is -2.68. The number of esters is 1. The van der Waals surface area contributed by atoms with Gasteiger partial charge in [-0.25, -0.2) is 0 Å². The number of hydrogen-bond donors (Lipinski definition) is 1. The summed E-state index contributed by atoms with van der Waals surface area (Å²) < 4.78 is 12.5. The molecule has 2 bridgehead atoms. The number of carbonyl (C=O) groups excluding carboxylic acids is 1. The van der Waals surface area contributed by atoms with Crippen molar-refractivity contribution in [1.29, 1.82) is 0 Å². The topological polar surface area (TPSA) is 62.2 Å². The van der Waals surface area contributed by atoms with Gasteiger partial charge in [-0.05, 0) is 76.6 Å². The van der Waals surface area contributed by atoms with Crippen LogP contribution in [-0.4, -0.2) is 65.7 Å². The molecule has 2 fully saturated rings. The molecule has 1 saturated heterocycles. The van der Waals surface area contributed by atoms with Gasteiger partial charge < -0.3 is 14.6 Å². The number of phenolic OH excluding ortho intramolecular Hbond substituents is 1. The van der Waals surface area contributed by atoms with Crippen molar-refractivity contribution < 1.29 is 19.4 Å². The molecule has 6 heteroatoms. The van der Waals surface area contributed by atoms with Crippen LogP contribution in [0.2, 0.25) is 0 Å². The van der Waals surface area contributed by atoms with Gasteiger partial charge >= 0.3 is 5.97 Å². The van der Waals surface area contributed by atoms with E-state index in [1.165, 1.54) is 38.2 Å². The molecule has 4 aliphatic rings. The number of unbranched alkanes of at least 4 members (excludes halogenated alkanes) is 3. The van der Waals surface area contributed by atoms with Crippen molar-refractivity contribution in [2.45, 2.75) is 88.3 Å². The minimum Gasteiger partial charge on any atom is -0.508 e. The van der Waals surface area contributed by atoms with Crippen molar-refractivity contribution in [3.8, 4) is 17.2 Å². The van der Waals surface area contributed by atoms with Gasteiger partial charge in [0.2, 0.25) is 0 Å². The van der Waals surface area contributed by atoms with Gasteiger partial charge in [0.1, 0.15) is 11.9 Å². The zero-order chi connectivity index (χ0) is 27.9. The summed E-state index contributed by atoms with van der Waals surface area (Å²) in [6, 6.07) is 13.0. The average molecular weight is 545 g/mol. The van der Waals surface area contributed by atoms with Crippen LogP contribution in [0.3, 0.4) is 0 Å². The maximum Gasteiger partial charge on any atom is 0.308 e. The van der Waals surface area contributed by atoms with Crippen LogP contribution >= 0.6 is 0 Å². The molecule has 5 atom stereocenters. The molecule has 2 aromatic carbocycles. The molecule has 6 nitrogen and oxygen atoms in total. The first-order valence-corrected chi connectivity index (χ1v) is 15.3. The molecule has 0 radical (unpaired) electrons. The Labute approximate surface area is 239 Å². The molecular formula is C34H44N2O4.